The molecule has 2 rings (SSSR count). The molecular weight excluding hydrogens is 330 g/mol. The Morgan fingerprint density at radius 1 is 1.26 bits per heavy atom. The van der Waals surface area contributed by atoms with Crippen molar-refractivity contribution < 1.29 is 8.42 Å². The monoisotopic (exact) mass is 341 g/mol. The van der Waals surface area contributed by atoms with Crippen LogP contribution in [0.1, 0.15) is 5.56 Å². The fourth-order valence-electron chi connectivity index (χ4n) is 1.47. The van der Waals surface area contributed by atoms with Crippen LogP contribution >= 0.6 is 15.9 Å². The Morgan fingerprint density at radius 3 is 2.58 bits per heavy atom. The Labute approximate surface area is 120 Å². The van der Waals surface area contributed by atoms with Crippen molar-refractivity contribution in [3.8, 4) is 0 Å². The van der Waals surface area contributed by atoms with Crippen molar-refractivity contribution in [3.63, 3.8) is 0 Å². The number of nitrogens with two attached hydrogens (primary N) is 1. The number of benzene rings is 1. The van der Waals surface area contributed by atoms with Gasteiger partial charge in [0.1, 0.15) is 4.60 Å². The topological polar surface area (TPSA) is 85.1 Å². The van der Waals surface area contributed by atoms with Gasteiger partial charge in [0.25, 0.3) is 10.0 Å². The number of pyridine rings is 1. The van der Waals surface area contributed by atoms with Gasteiger partial charge in [0, 0.05) is 5.69 Å². The molecule has 0 spiro atoms. The molecular formula is C12H12BrN3O2S. The van der Waals surface area contributed by atoms with Gasteiger partial charge in [-0.2, -0.15) is 0 Å². The molecule has 5 nitrogen and oxygen atoms in total. The molecule has 0 aliphatic rings. The zero-order valence-corrected chi connectivity index (χ0v) is 12.5. The van der Waals surface area contributed by atoms with E-state index in [-0.39, 0.29) is 4.90 Å². The normalized spacial score (nSPS) is 11.3. The van der Waals surface area contributed by atoms with Crippen LogP contribution in [0.5, 0.6) is 0 Å². The molecule has 3 N–H and O–H groups in total. The Morgan fingerprint density at radius 2 is 2.00 bits per heavy atom. The van der Waals surface area contributed by atoms with Crippen molar-refractivity contribution in [1.82, 2.24) is 4.98 Å². The summed E-state index contributed by atoms with van der Waals surface area (Å²) in [5.74, 6) is 0. The van der Waals surface area contributed by atoms with Gasteiger partial charge in [-0.15, -0.1) is 0 Å². The van der Waals surface area contributed by atoms with Gasteiger partial charge in [0.05, 0.1) is 16.8 Å². The van der Waals surface area contributed by atoms with Crippen LogP contribution in [-0.4, -0.2) is 13.4 Å². The van der Waals surface area contributed by atoms with Crippen molar-refractivity contribution in [2.75, 3.05) is 10.5 Å². The van der Waals surface area contributed by atoms with Crippen molar-refractivity contribution in [3.05, 3.63) is 46.7 Å². The minimum absolute atomic E-state index is 0.169. The fourth-order valence-corrected chi connectivity index (χ4v) is 2.83. The highest BCUT2D eigenvalue weighted by molar-refractivity contribution is 9.10. The minimum Gasteiger partial charge on any atom is -0.399 e. The third kappa shape index (κ3) is 3.24. The number of nitrogens with zero attached hydrogens (tertiary/aromatic N) is 1. The minimum atomic E-state index is -3.63. The Balaban J connectivity index is 2.32. The van der Waals surface area contributed by atoms with Gasteiger partial charge in [-0.1, -0.05) is 0 Å². The van der Waals surface area contributed by atoms with Crippen LogP contribution in [0.2, 0.25) is 0 Å². The maximum atomic E-state index is 12.2. The molecule has 0 radical (unpaired) electrons. The molecule has 0 atom stereocenters. The largest absolute Gasteiger partial charge is 0.399 e. The molecule has 0 saturated carbocycles. The highest BCUT2D eigenvalue weighted by Crippen LogP contribution is 2.20. The lowest BCUT2D eigenvalue weighted by Gasteiger charge is -2.09. The van der Waals surface area contributed by atoms with Gasteiger partial charge in [-0.25, -0.2) is 13.4 Å². The number of aromatic nitrogens is 1. The molecule has 19 heavy (non-hydrogen) atoms. The number of hydrogen-bond acceptors (Lipinski definition) is 4. The predicted octanol–water partition coefficient (Wildman–Crippen LogP) is 2.54. The van der Waals surface area contributed by atoms with Crippen LogP contribution in [0.15, 0.2) is 46.0 Å². The molecule has 1 aromatic heterocycles. The SMILES string of the molecule is Cc1cc(S(=O)(=O)Nc2ccc(Br)nc2)ccc1N. The van der Waals surface area contributed by atoms with E-state index in [0.29, 0.717) is 16.0 Å². The molecule has 0 unspecified atom stereocenters. The summed E-state index contributed by atoms with van der Waals surface area (Å²) < 4.78 is 27.4. The summed E-state index contributed by atoms with van der Waals surface area (Å²) in [4.78, 5) is 4.13. The van der Waals surface area contributed by atoms with Gasteiger partial charge in [-0.05, 0) is 58.7 Å². The Hall–Kier alpha value is -1.60. The van der Waals surface area contributed by atoms with Crippen molar-refractivity contribution >= 4 is 37.3 Å². The smallest absolute Gasteiger partial charge is 0.261 e. The lowest BCUT2D eigenvalue weighted by Crippen LogP contribution is -2.13. The number of aryl methyl sites for hydroxylation is 1. The first-order valence-corrected chi connectivity index (χ1v) is 7.66. The number of rotatable bonds is 3. The summed E-state index contributed by atoms with van der Waals surface area (Å²) in [6.45, 7) is 1.76. The van der Waals surface area contributed by atoms with E-state index in [4.69, 9.17) is 5.73 Å². The summed E-state index contributed by atoms with van der Waals surface area (Å²) in [5, 5.41) is 0. The molecule has 0 aliphatic heterocycles. The van der Waals surface area contributed by atoms with Crippen LogP contribution in [0.3, 0.4) is 0 Å². The van der Waals surface area contributed by atoms with Crippen molar-refractivity contribution in [2.24, 2.45) is 0 Å². The maximum Gasteiger partial charge on any atom is 0.261 e. The molecule has 100 valence electrons. The van der Waals surface area contributed by atoms with Gasteiger partial charge in [0.2, 0.25) is 0 Å². The van der Waals surface area contributed by atoms with E-state index in [0.717, 1.165) is 5.56 Å². The molecule has 0 amide bonds. The van der Waals surface area contributed by atoms with E-state index >= 15 is 0 Å². The number of nitrogen functional groups attached to an aromatic ring is 1. The van der Waals surface area contributed by atoms with E-state index in [1.165, 1.54) is 18.3 Å². The molecule has 1 aromatic carbocycles. The van der Waals surface area contributed by atoms with Crippen LogP contribution in [0, 0.1) is 6.92 Å². The van der Waals surface area contributed by atoms with Gasteiger partial charge in [-0.3, -0.25) is 4.72 Å². The highest BCUT2D eigenvalue weighted by Gasteiger charge is 2.15. The van der Waals surface area contributed by atoms with Crippen molar-refractivity contribution in [2.45, 2.75) is 11.8 Å². The molecule has 2 aromatic rings. The van der Waals surface area contributed by atoms with Crippen molar-refractivity contribution in [1.29, 1.82) is 0 Å². The predicted molar refractivity (Wildman–Crippen MR) is 78.3 cm³/mol. The van der Waals surface area contributed by atoms with E-state index < -0.39 is 10.0 Å². The Kier molecular flexibility index (Phi) is 3.77. The Bertz CT molecular complexity index is 699. The lowest BCUT2D eigenvalue weighted by molar-refractivity contribution is 0.601. The second kappa shape index (κ2) is 5.18. The average molecular weight is 342 g/mol. The maximum absolute atomic E-state index is 12.2. The van der Waals surface area contributed by atoms with Gasteiger partial charge in [0.15, 0.2) is 0 Å². The zero-order valence-electron chi connectivity index (χ0n) is 10.1. The number of anilines is 2. The van der Waals surface area contributed by atoms with E-state index in [2.05, 4.69) is 25.6 Å². The second-order valence-electron chi connectivity index (χ2n) is 3.99. The van der Waals surface area contributed by atoms with Crippen LogP contribution in [0.25, 0.3) is 0 Å². The van der Waals surface area contributed by atoms with Crippen LogP contribution in [-0.2, 0) is 10.0 Å². The molecule has 0 bridgehead atoms. The summed E-state index contributed by atoms with van der Waals surface area (Å²) in [6, 6.07) is 7.86. The molecule has 0 saturated heterocycles. The first-order valence-electron chi connectivity index (χ1n) is 5.39. The zero-order chi connectivity index (χ0) is 14.0. The first kappa shape index (κ1) is 13.8. The average Bonchev–Trinajstić information content (AvgIpc) is 2.35. The number of hydrogen-bond donors (Lipinski definition) is 2. The van der Waals surface area contributed by atoms with Crippen LogP contribution in [0.4, 0.5) is 11.4 Å². The first-order chi connectivity index (χ1) is 8.88. The second-order valence-corrected chi connectivity index (χ2v) is 6.49. The number of halogens is 1. The molecule has 0 fully saturated rings. The molecule has 0 aliphatic carbocycles. The van der Waals surface area contributed by atoms with Gasteiger partial charge >= 0.3 is 0 Å². The van der Waals surface area contributed by atoms with E-state index in [1.54, 1.807) is 25.1 Å². The highest BCUT2D eigenvalue weighted by atomic mass is 79.9. The molecule has 1 heterocycles. The summed E-state index contributed by atoms with van der Waals surface area (Å²) in [5.41, 5.74) is 7.35. The standard InChI is InChI=1S/C12H12BrN3O2S/c1-8-6-10(3-4-11(8)14)19(17,18)16-9-2-5-12(13)15-7-9/h2-7,16H,14H2,1H3. The lowest BCUT2D eigenvalue weighted by atomic mass is 10.2. The summed E-state index contributed by atoms with van der Waals surface area (Å²) >= 11 is 3.19. The summed E-state index contributed by atoms with van der Waals surface area (Å²) in [7, 11) is -3.63. The fraction of sp³-hybridized carbons (Fsp3) is 0.0833. The van der Waals surface area contributed by atoms with Crippen LogP contribution < -0.4 is 10.5 Å². The third-order valence-electron chi connectivity index (χ3n) is 2.53. The summed E-state index contributed by atoms with van der Waals surface area (Å²) in [6.07, 6.45) is 1.44. The number of nitrogens with one attached hydrogen (secondary N) is 1. The molecule has 7 heteroatoms. The van der Waals surface area contributed by atoms with E-state index in [1.807, 2.05) is 0 Å². The third-order valence-corrected chi connectivity index (χ3v) is 4.38. The van der Waals surface area contributed by atoms with Gasteiger partial charge < -0.3 is 5.73 Å². The van der Waals surface area contributed by atoms with E-state index in [9.17, 15) is 8.42 Å². The quantitative estimate of drug-likeness (QED) is 0.663. The number of sulfonamides is 1.